The lowest BCUT2D eigenvalue weighted by Gasteiger charge is -2.13. The van der Waals surface area contributed by atoms with Crippen LogP contribution < -0.4 is 10.9 Å². The van der Waals surface area contributed by atoms with E-state index >= 15 is 0 Å². The van der Waals surface area contributed by atoms with Gasteiger partial charge in [-0.2, -0.15) is 13.2 Å². The molecule has 0 unspecified atom stereocenters. The summed E-state index contributed by atoms with van der Waals surface area (Å²) in [6.45, 7) is 1.62. The molecule has 1 aromatic heterocycles. The van der Waals surface area contributed by atoms with Crippen molar-refractivity contribution in [2.24, 2.45) is 0 Å². The van der Waals surface area contributed by atoms with Gasteiger partial charge < -0.3 is 10.3 Å². The van der Waals surface area contributed by atoms with Crippen molar-refractivity contribution >= 4 is 23.4 Å². The number of aromatic nitrogens is 2. The fourth-order valence-corrected chi connectivity index (χ4v) is 2.50. The van der Waals surface area contributed by atoms with Gasteiger partial charge in [0.25, 0.3) is 5.56 Å². The molecule has 0 saturated carbocycles. The molecule has 0 atom stereocenters. The summed E-state index contributed by atoms with van der Waals surface area (Å²) >= 11 is 0.930. The second kappa shape index (κ2) is 6.86. The number of carbonyl (C=O) groups excluding carboxylic acids is 1. The van der Waals surface area contributed by atoms with Crippen LogP contribution in [-0.4, -0.2) is 21.6 Å². The van der Waals surface area contributed by atoms with Gasteiger partial charge in [-0.3, -0.25) is 9.59 Å². The second-order valence-corrected chi connectivity index (χ2v) is 5.54. The number of aromatic amines is 1. The maximum absolute atomic E-state index is 12.8. The van der Waals surface area contributed by atoms with E-state index in [1.165, 1.54) is 24.3 Å². The second-order valence-electron chi connectivity index (χ2n) is 4.57. The first-order chi connectivity index (χ1) is 10.8. The van der Waals surface area contributed by atoms with Gasteiger partial charge in [0.1, 0.15) is 0 Å². The zero-order valence-electron chi connectivity index (χ0n) is 11.9. The van der Waals surface area contributed by atoms with E-state index in [2.05, 4.69) is 15.3 Å². The van der Waals surface area contributed by atoms with E-state index in [9.17, 15) is 22.8 Å². The lowest BCUT2D eigenvalue weighted by molar-refractivity contribution is -0.137. The number of hydrogen-bond donors (Lipinski definition) is 2. The van der Waals surface area contributed by atoms with Crippen molar-refractivity contribution in [3.8, 4) is 0 Å². The van der Waals surface area contributed by atoms with E-state index < -0.39 is 17.6 Å². The van der Waals surface area contributed by atoms with Crippen LogP contribution in [0.15, 0.2) is 40.3 Å². The molecule has 0 fully saturated rings. The molecule has 2 N–H and O–H groups in total. The Morgan fingerprint density at radius 1 is 1.35 bits per heavy atom. The minimum atomic E-state index is -4.56. The third-order valence-electron chi connectivity index (χ3n) is 2.69. The number of rotatable bonds is 4. The van der Waals surface area contributed by atoms with Crippen molar-refractivity contribution in [3.63, 3.8) is 0 Å². The Balaban J connectivity index is 2.05. The number of halogens is 3. The van der Waals surface area contributed by atoms with Gasteiger partial charge >= 0.3 is 6.18 Å². The number of anilines is 1. The number of nitrogens with zero attached hydrogens (tertiary/aromatic N) is 1. The summed E-state index contributed by atoms with van der Waals surface area (Å²) in [7, 11) is 0. The van der Waals surface area contributed by atoms with Crippen LogP contribution in [0, 0.1) is 6.92 Å². The molecule has 0 aliphatic heterocycles. The fourth-order valence-electron chi connectivity index (χ4n) is 1.78. The molecule has 23 heavy (non-hydrogen) atoms. The van der Waals surface area contributed by atoms with Gasteiger partial charge in [-0.05, 0) is 19.1 Å². The molecule has 1 amide bonds. The van der Waals surface area contributed by atoms with Crippen LogP contribution >= 0.6 is 11.8 Å². The van der Waals surface area contributed by atoms with Crippen molar-refractivity contribution in [1.82, 2.24) is 9.97 Å². The first-order valence-corrected chi connectivity index (χ1v) is 7.41. The molecule has 0 bridgehead atoms. The maximum atomic E-state index is 12.8. The Bertz CT molecular complexity index is 774. The first kappa shape index (κ1) is 17.1. The predicted octanol–water partition coefficient (Wildman–Crippen LogP) is 2.83. The lowest BCUT2D eigenvalue weighted by atomic mass is 10.1. The number of thioether (sulfide) groups is 1. The highest BCUT2D eigenvalue weighted by Crippen LogP contribution is 2.34. The van der Waals surface area contributed by atoms with Crippen molar-refractivity contribution in [2.75, 3.05) is 11.1 Å². The molecule has 0 aliphatic carbocycles. The summed E-state index contributed by atoms with van der Waals surface area (Å²) in [6, 6.07) is 6.01. The highest BCUT2D eigenvalue weighted by molar-refractivity contribution is 7.99. The number of alkyl halides is 3. The number of H-pyrrole nitrogens is 1. The normalized spacial score (nSPS) is 11.3. The van der Waals surface area contributed by atoms with Gasteiger partial charge in [0, 0.05) is 11.8 Å². The number of carbonyl (C=O) groups is 1. The fraction of sp³-hybridized carbons (Fsp3) is 0.214. The topological polar surface area (TPSA) is 74.8 Å². The minimum absolute atomic E-state index is 0.182. The van der Waals surface area contributed by atoms with Crippen LogP contribution in [0.5, 0.6) is 0 Å². The number of nitrogens with one attached hydrogen (secondary N) is 2. The van der Waals surface area contributed by atoms with Gasteiger partial charge in [-0.1, -0.05) is 23.9 Å². The number of para-hydroxylation sites is 1. The summed E-state index contributed by atoms with van der Waals surface area (Å²) in [5.41, 5.74) is -1.10. The molecule has 1 aromatic carbocycles. The van der Waals surface area contributed by atoms with Crippen LogP contribution in [0.2, 0.25) is 0 Å². The minimum Gasteiger partial charge on any atom is -0.325 e. The smallest absolute Gasteiger partial charge is 0.325 e. The Morgan fingerprint density at radius 3 is 2.70 bits per heavy atom. The van der Waals surface area contributed by atoms with E-state index in [1.54, 1.807) is 6.92 Å². The Kier molecular flexibility index (Phi) is 5.09. The van der Waals surface area contributed by atoms with Gasteiger partial charge in [0.15, 0.2) is 5.16 Å². The van der Waals surface area contributed by atoms with E-state index in [4.69, 9.17) is 0 Å². The SMILES string of the molecule is Cc1cc(=O)[nH]c(SCC(=O)Nc2ccccc2C(F)(F)F)n1. The molecule has 0 saturated heterocycles. The first-order valence-electron chi connectivity index (χ1n) is 6.42. The molecule has 0 radical (unpaired) electrons. The van der Waals surface area contributed by atoms with Crippen LogP contribution in [0.3, 0.4) is 0 Å². The van der Waals surface area contributed by atoms with Crippen molar-refractivity contribution < 1.29 is 18.0 Å². The Labute approximate surface area is 133 Å². The molecule has 0 spiro atoms. The van der Waals surface area contributed by atoms with Crippen LogP contribution in [0.4, 0.5) is 18.9 Å². The van der Waals surface area contributed by atoms with Crippen molar-refractivity contribution in [1.29, 1.82) is 0 Å². The number of hydrogen-bond acceptors (Lipinski definition) is 4. The third-order valence-corrected chi connectivity index (χ3v) is 3.57. The molecule has 1 heterocycles. The summed E-state index contributed by atoms with van der Waals surface area (Å²) < 4.78 is 38.5. The molecule has 2 rings (SSSR count). The van der Waals surface area contributed by atoms with Gasteiger partial charge in [-0.15, -0.1) is 0 Å². The van der Waals surface area contributed by atoms with Gasteiger partial charge in [0.05, 0.1) is 17.0 Å². The quantitative estimate of drug-likeness (QED) is 0.661. The average Bonchev–Trinajstić information content (AvgIpc) is 2.43. The van der Waals surface area contributed by atoms with E-state index in [1.807, 2.05) is 0 Å². The van der Waals surface area contributed by atoms with E-state index in [0.717, 1.165) is 17.8 Å². The van der Waals surface area contributed by atoms with Crippen LogP contribution in [0.25, 0.3) is 0 Å². The Hall–Kier alpha value is -2.29. The predicted molar refractivity (Wildman–Crippen MR) is 80.4 cm³/mol. The van der Waals surface area contributed by atoms with Crippen molar-refractivity contribution in [2.45, 2.75) is 18.3 Å². The van der Waals surface area contributed by atoms with E-state index in [-0.39, 0.29) is 22.2 Å². The lowest BCUT2D eigenvalue weighted by Crippen LogP contribution is -2.18. The molecule has 5 nitrogen and oxygen atoms in total. The van der Waals surface area contributed by atoms with E-state index in [0.29, 0.717) is 5.69 Å². The monoisotopic (exact) mass is 343 g/mol. The standard InChI is InChI=1S/C14H12F3N3O2S/c1-8-6-11(21)20-13(18-8)23-7-12(22)19-10-5-3-2-4-9(10)14(15,16)17/h2-6H,7H2,1H3,(H,19,22)(H,18,20,21). The number of aryl methyl sites for hydroxylation is 1. The summed E-state index contributed by atoms with van der Waals surface area (Å²) in [4.78, 5) is 29.5. The van der Waals surface area contributed by atoms with Crippen molar-refractivity contribution in [3.05, 3.63) is 51.9 Å². The molecular formula is C14H12F3N3O2S. The number of amides is 1. The summed E-state index contributed by atoms with van der Waals surface area (Å²) in [5, 5.41) is 2.45. The third kappa shape index (κ3) is 4.85. The summed E-state index contributed by atoms with van der Waals surface area (Å²) in [5.74, 6) is -0.811. The molecule has 0 aliphatic rings. The zero-order chi connectivity index (χ0) is 17.0. The largest absolute Gasteiger partial charge is 0.418 e. The number of benzene rings is 1. The molecule has 122 valence electrons. The highest BCUT2D eigenvalue weighted by atomic mass is 32.2. The van der Waals surface area contributed by atoms with Gasteiger partial charge in [-0.25, -0.2) is 4.98 Å². The molecule has 9 heteroatoms. The molecule has 2 aromatic rings. The maximum Gasteiger partial charge on any atom is 0.418 e. The van der Waals surface area contributed by atoms with Gasteiger partial charge in [0.2, 0.25) is 5.91 Å². The summed E-state index contributed by atoms with van der Waals surface area (Å²) in [6.07, 6.45) is -4.56. The molecular weight excluding hydrogens is 331 g/mol. The zero-order valence-corrected chi connectivity index (χ0v) is 12.7. The average molecular weight is 343 g/mol. The Morgan fingerprint density at radius 2 is 2.04 bits per heavy atom. The van der Waals surface area contributed by atoms with Crippen LogP contribution in [-0.2, 0) is 11.0 Å². The highest BCUT2D eigenvalue weighted by Gasteiger charge is 2.33. The van der Waals surface area contributed by atoms with Crippen LogP contribution in [0.1, 0.15) is 11.3 Å².